The van der Waals surface area contributed by atoms with Gasteiger partial charge < -0.3 is 9.64 Å². The highest BCUT2D eigenvalue weighted by Gasteiger charge is 2.22. The van der Waals surface area contributed by atoms with E-state index in [2.05, 4.69) is 11.7 Å². The third-order valence-electron chi connectivity index (χ3n) is 2.54. The molecule has 0 N–H and O–H groups in total. The summed E-state index contributed by atoms with van der Waals surface area (Å²) < 4.78 is 7.03. The van der Waals surface area contributed by atoms with E-state index < -0.39 is 0 Å². The molecule has 0 radical (unpaired) electrons. The Hall–Kier alpha value is -1.78. The van der Waals surface area contributed by atoms with Crippen molar-refractivity contribution in [3.8, 4) is 5.75 Å². The van der Waals surface area contributed by atoms with Gasteiger partial charge in [-0.3, -0.25) is 9.48 Å². The minimum absolute atomic E-state index is 0.0514. The van der Waals surface area contributed by atoms with Crippen molar-refractivity contribution >= 4 is 5.91 Å². The summed E-state index contributed by atoms with van der Waals surface area (Å²) in [6, 6.07) is 0. The van der Waals surface area contributed by atoms with Gasteiger partial charge in [-0.25, -0.2) is 0 Å². The number of carbonyl (C=O) groups excluding carboxylic acids is 1. The summed E-state index contributed by atoms with van der Waals surface area (Å²) in [5.41, 5.74) is 0.943. The van der Waals surface area contributed by atoms with Gasteiger partial charge in [0.05, 0.1) is 32.1 Å². The monoisotopic (exact) mass is 207 g/mol. The summed E-state index contributed by atoms with van der Waals surface area (Å²) in [5.74, 6) is 0.682. The Morgan fingerprint density at radius 3 is 3.13 bits per heavy atom. The van der Waals surface area contributed by atoms with Crippen LogP contribution in [0, 0.1) is 0 Å². The summed E-state index contributed by atoms with van der Waals surface area (Å²) in [4.78, 5) is 13.2. The number of amides is 1. The fourth-order valence-corrected chi connectivity index (χ4v) is 1.71. The molecule has 0 fully saturated rings. The molecule has 0 spiro atoms. The normalized spacial score (nSPS) is 14.6. The zero-order valence-electron chi connectivity index (χ0n) is 8.64. The highest BCUT2D eigenvalue weighted by molar-refractivity contribution is 5.87. The molecule has 2 rings (SSSR count). The summed E-state index contributed by atoms with van der Waals surface area (Å²) in [5, 5.41) is 4.18. The minimum atomic E-state index is -0.0514. The predicted molar refractivity (Wildman–Crippen MR) is 54.4 cm³/mol. The van der Waals surface area contributed by atoms with E-state index in [1.54, 1.807) is 18.2 Å². The van der Waals surface area contributed by atoms with Crippen LogP contribution < -0.4 is 4.74 Å². The lowest BCUT2D eigenvalue weighted by molar-refractivity contribution is -0.127. The maximum Gasteiger partial charge on any atom is 0.246 e. The predicted octanol–water partition coefficient (Wildman–Crippen LogP) is 0.420. The number of ether oxygens (including phenoxy) is 1. The van der Waals surface area contributed by atoms with Gasteiger partial charge in [0.1, 0.15) is 0 Å². The molecule has 5 heteroatoms. The van der Waals surface area contributed by atoms with Gasteiger partial charge in [0, 0.05) is 6.54 Å². The van der Waals surface area contributed by atoms with E-state index in [4.69, 9.17) is 4.74 Å². The Labute approximate surface area is 87.9 Å². The number of aromatic nitrogens is 2. The quantitative estimate of drug-likeness (QED) is 0.660. The molecule has 0 atom stereocenters. The van der Waals surface area contributed by atoms with Gasteiger partial charge in [-0.15, -0.1) is 0 Å². The molecule has 0 aromatic carbocycles. The molecule has 2 heterocycles. The fraction of sp³-hybridized carbons (Fsp3) is 0.400. The zero-order valence-corrected chi connectivity index (χ0v) is 8.64. The highest BCUT2D eigenvalue weighted by Crippen LogP contribution is 2.22. The number of rotatable bonds is 2. The smallest absolute Gasteiger partial charge is 0.246 e. The molecule has 0 aliphatic carbocycles. The molecule has 1 aromatic heterocycles. The average molecular weight is 207 g/mol. The Morgan fingerprint density at radius 2 is 2.47 bits per heavy atom. The van der Waals surface area contributed by atoms with Crippen molar-refractivity contribution < 1.29 is 9.53 Å². The molecular formula is C10H13N3O2. The molecule has 1 amide bonds. The molecule has 0 saturated heterocycles. The summed E-state index contributed by atoms with van der Waals surface area (Å²) in [7, 11) is 1.60. The van der Waals surface area contributed by atoms with Gasteiger partial charge in [0.15, 0.2) is 5.75 Å². The number of fused-ring (bicyclic) bond motifs is 1. The summed E-state index contributed by atoms with van der Waals surface area (Å²) in [6.07, 6.45) is 3.01. The van der Waals surface area contributed by atoms with Gasteiger partial charge >= 0.3 is 0 Å². The van der Waals surface area contributed by atoms with Crippen LogP contribution in [0.15, 0.2) is 18.9 Å². The van der Waals surface area contributed by atoms with E-state index in [0.717, 1.165) is 11.4 Å². The zero-order chi connectivity index (χ0) is 10.8. The van der Waals surface area contributed by atoms with Crippen molar-refractivity contribution in [3.63, 3.8) is 0 Å². The van der Waals surface area contributed by atoms with E-state index in [1.165, 1.54) is 6.08 Å². The fourth-order valence-electron chi connectivity index (χ4n) is 1.71. The van der Waals surface area contributed by atoms with E-state index in [0.29, 0.717) is 19.6 Å². The largest absolute Gasteiger partial charge is 0.493 e. The first-order valence-electron chi connectivity index (χ1n) is 4.76. The Kier molecular flexibility index (Phi) is 2.45. The molecule has 5 nitrogen and oxygen atoms in total. The van der Waals surface area contributed by atoms with Crippen LogP contribution >= 0.6 is 0 Å². The van der Waals surface area contributed by atoms with E-state index in [1.807, 2.05) is 4.68 Å². The SMILES string of the molecule is C=CC(=O)N1CCn2ncc(OC)c2C1. The van der Waals surface area contributed by atoms with Crippen molar-refractivity contribution in [1.82, 2.24) is 14.7 Å². The van der Waals surface area contributed by atoms with Gasteiger partial charge in [0.2, 0.25) is 5.91 Å². The lowest BCUT2D eigenvalue weighted by atomic mass is 10.3. The average Bonchev–Trinajstić information content (AvgIpc) is 2.69. The molecule has 1 aliphatic heterocycles. The van der Waals surface area contributed by atoms with E-state index >= 15 is 0 Å². The summed E-state index contributed by atoms with van der Waals surface area (Å²) in [6.45, 7) is 5.39. The molecule has 0 saturated carbocycles. The highest BCUT2D eigenvalue weighted by atomic mass is 16.5. The lowest BCUT2D eigenvalue weighted by Gasteiger charge is -2.26. The van der Waals surface area contributed by atoms with Crippen LogP contribution in [-0.2, 0) is 17.9 Å². The Balaban J connectivity index is 2.24. The lowest BCUT2D eigenvalue weighted by Crippen LogP contribution is -2.37. The van der Waals surface area contributed by atoms with Crippen molar-refractivity contribution in [2.75, 3.05) is 13.7 Å². The maximum atomic E-state index is 11.4. The first kappa shape index (κ1) is 9.76. The molecule has 0 bridgehead atoms. The third kappa shape index (κ3) is 1.60. The van der Waals surface area contributed by atoms with Crippen molar-refractivity contribution in [2.24, 2.45) is 0 Å². The Morgan fingerprint density at radius 1 is 1.67 bits per heavy atom. The number of nitrogens with zero attached hydrogens (tertiary/aromatic N) is 3. The summed E-state index contributed by atoms with van der Waals surface area (Å²) >= 11 is 0. The molecule has 80 valence electrons. The van der Waals surface area contributed by atoms with Crippen LogP contribution in [0.5, 0.6) is 5.75 Å². The van der Waals surface area contributed by atoms with Gasteiger partial charge in [0.25, 0.3) is 0 Å². The second-order valence-corrected chi connectivity index (χ2v) is 3.35. The van der Waals surface area contributed by atoms with E-state index in [-0.39, 0.29) is 5.91 Å². The van der Waals surface area contributed by atoms with Crippen LogP contribution in [-0.4, -0.2) is 34.2 Å². The second kappa shape index (κ2) is 3.76. The molecule has 15 heavy (non-hydrogen) atoms. The maximum absolute atomic E-state index is 11.4. The van der Waals surface area contributed by atoms with Crippen molar-refractivity contribution in [1.29, 1.82) is 0 Å². The van der Waals surface area contributed by atoms with Crippen LogP contribution in [0.25, 0.3) is 0 Å². The third-order valence-corrected chi connectivity index (χ3v) is 2.54. The van der Waals surface area contributed by atoms with Crippen LogP contribution in [0.2, 0.25) is 0 Å². The first-order valence-corrected chi connectivity index (χ1v) is 4.76. The van der Waals surface area contributed by atoms with Crippen LogP contribution in [0.3, 0.4) is 0 Å². The van der Waals surface area contributed by atoms with E-state index in [9.17, 15) is 4.79 Å². The number of carbonyl (C=O) groups is 1. The van der Waals surface area contributed by atoms with Crippen molar-refractivity contribution in [2.45, 2.75) is 13.1 Å². The molecule has 0 unspecified atom stereocenters. The number of hydrogen-bond acceptors (Lipinski definition) is 3. The van der Waals surface area contributed by atoms with Crippen molar-refractivity contribution in [3.05, 3.63) is 24.5 Å². The van der Waals surface area contributed by atoms with Gasteiger partial charge in [-0.2, -0.15) is 5.10 Å². The van der Waals surface area contributed by atoms with Gasteiger partial charge in [-0.1, -0.05) is 6.58 Å². The van der Waals surface area contributed by atoms with Crippen LogP contribution in [0.4, 0.5) is 0 Å². The molecular weight excluding hydrogens is 194 g/mol. The molecule has 1 aliphatic rings. The topological polar surface area (TPSA) is 47.4 Å². The first-order chi connectivity index (χ1) is 7.26. The molecule has 1 aromatic rings. The second-order valence-electron chi connectivity index (χ2n) is 3.35. The standard InChI is InChI=1S/C10H13N3O2/c1-3-10(14)12-4-5-13-8(7-12)9(15-2)6-11-13/h3,6H,1,4-5,7H2,2H3. The van der Waals surface area contributed by atoms with Gasteiger partial charge in [-0.05, 0) is 6.08 Å². The minimum Gasteiger partial charge on any atom is -0.493 e. The Bertz CT molecular complexity index is 384. The van der Waals surface area contributed by atoms with Crippen LogP contribution in [0.1, 0.15) is 5.69 Å². The number of hydrogen-bond donors (Lipinski definition) is 0. The number of methoxy groups -OCH3 is 1.